The average Bonchev–Trinajstić information content (AvgIpc) is 2.35. The second-order valence-electron chi connectivity index (χ2n) is 4.08. The van der Waals surface area contributed by atoms with Crippen LogP contribution in [0, 0.1) is 0 Å². The molecule has 0 aliphatic carbocycles. The van der Waals surface area contributed by atoms with Gasteiger partial charge in [-0.25, -0.2) is 9.78 Å². The lowest BCUT2D eigenvalue weighted by Crippen LogP contribution is -2.44. The van der Waals surface area contributed by atoms with Gasteiger partial charge in [0.25, 0.3) is 0 Å². The number of fused-ring (bicyclic) bond motifs is 1. The zero-order valence-corrected chi connectivity index (χ0v) is 9.57. The third-order valence-electron chi connectivity index (χ3n) is 2.80. The lowest BCUT2D eigenvalue weighted by Gasteiger charge is -2.28. The standard InChI is InChI=1S/C11H9F3N2O3/c12-11(13,14)10(19)16-4-3-7-6(5-16)1-2-8(15-7)9(17)18/h1-2H,3-5H2,(H,17,18). The molecule has 1 aromatic rings. The molecule has 0 spiro atoms. The Kier molecular flexibility index (Phi) is 3.17. The summed E-state index contributed by atoms with van der Waals surface area (Å²) in [7, 11) is 0. The van der Waals surface area contributed by atoms with Crippen LogP contribution >= 0.6 is 0 Å². The Hall–Kier alpha value is -2.12. The molecule has 8 heteroatoms. The first-order valence-electron chi connectivity index (χ1n) is 5.37. The molecule has 102 valence electrons. The number of halogens is 3. The summed E-state index contributed by atoms with van der Waals surface area (Å²) in [6.07, 6.45) is -4.79. The van der Waals surface area contributed by atoms with Crippen LogP contribution in [-0.4, -0.2) is 39.6 Å². The summed E-state index contributed by atoms with van der Waals surface area (Å²) in [5.74, 6) is -3.09. The maximum Gasteiger partial charge on any atom is 0.471 e. The first-order valence-corrected chi connectivity index (χ1v) is 5.37. The number of hydrogen-bond acceptors (Lipinski definition) is 3. The third kappa shape index (κ3) is 2.67. The van der Waals surface area contributed by atoms with Crippen LogP contribution in [0.25, 0.3) is 0 Å². The molecule has 0 saturated heterocycles. The molecule has 1 aromatic heterocycles. The monoisotopic (exact) mass is 274 g/mol. The third-order valence-corrected chi connectivity index (χ3v) is 2.80. The zero-order chi connectivity index (χ0) is 14.2. The second-order valence-corrected chi connectivity index (χ2v) is 4.08. The minimum absolute atomic E-state index is 0.109. The predicted octanol–water partition coefficient (Wildman–Crippen LogP) is 1.23. The van der Waals surface area contributed by atoms with E-state index >= 15 is 0 Å². The van der Waals surface area contributed by atoms with Crippen molar-refractivity contribution >= 4 is 11.9 Å². The van der Waals surface area contributed by atoms with Crippen LogP contribution in [0.15, 0.2) is 12.1 Å². The highest BCUT2D eigenvalue weighted by atomic mass is 19.4. The number of hydrogen-bond donors (Lipinski definition) is 1. The van der Waals surface area contributed by atoms with Crippen LogP contribution in [0.4, 0.5) is 13.2 Å². The number of alkyl halides is 3. The highest BCUT2D eigenvalue weighted by Gasteiger charge is 2.43. The first-order chi connectivity index (χ1) is 8.79. The van der Waals surface area contributed by atoms with Crippen molar-refractivity contribution < 1.29 is 27.9 Å². The Morgan fingerprint density at radius 2 is 2.00 bits per heavy atom. The molecular weight excluding hydrogens is 265 g/mol. The van der Waals surface area contributed by atoms with Gasteiger partial charge in [-0.05, 0) is 11.6 Å². The lowest BCUT2D eigenvalue weighted by atomic mass is 10.0. The molecule has 1 N–H and O–H groups in total. The highest BCUT2D eigenvalue weighted by Crippen LogP contribution is 2.24. The van der Waals surface area contributed by atoms with Crippen molar-refractivity contribution in [2.45, 2.75) is 19.1 Å². The van der Waals surface area contributed by atoms with Crippen LogP contribution in [0.2, 0.25) is 0 Å². The van der Waals surface area contributed by atoms with Crippen LogP contribution < -0.4 is 0 Å². The Bertz CT molecular complexity index is 542. The van der Waals surface area contributed by atoms with E-state index in [-0.39, 0.29) is 25.2 Å². The van der Waals surface area contributed by atoms with Crippen molar-refractivity contribution in [3.05, 3.63) is 29.1 Å². The summed E-state index contributed by atoms with van der Waals surface area (Å²) in [6.45, 7) is -0.331. The molecule has 19 heavy (non-hydrogen) atoms. The average molecular weight is 274 g/mol. The van der Waals surface area contributed by atoms with Crippen molar-refractivity contribution in [2.75, 3.05) is 6.54 Å². The Morgan fingerprint density at radius 1 is 1.32 bits per heavy atom. The van der Waals surface area contributed by atoms with Gasteiger partial charge in [-0.15, -0.1) is 0 Å². The molecule has 2 rings (SSSR count). The van der Waals surface area contributed by atoms with E-state index in [9.17, 15) is 22.8 Å². The number of aromatic nitrogens is 1. The van der Waals surface area contributed by atoms with Crippen LogP contribution in [-0.2, 0) is 17.8 Å². The van der Waals surface area contributed by atoms with Gasteiger partial charge in [0.05, 0.1) is 0 Å². The summed E-state index contributed by atoms with van der Waals surface area (Å²) < 4.78 is 36.9. The molecule has 1 aliphatic rings. The summed E-state index contributed by atoms with van der Waals surface area (Å²) in [5, 5.41) is 8.76. The number of amides is 1. The van der Waals surface area contributed by atoms with Crippen molar-refractivity contribution in [3.63, 3.8) is 0 Å². The van der Waals surface area contributed by atoms with E-state index < -0.39 is 18.1 Å². The summed E-state index contributed by atoms with van der Waals surface area (Å²) in [5.41, 5.74) is 0.703. The summed E-state index contributed by atoms with van der Waals surface area (Å²) in [4.78, 5) is 26.3. The molecular formula is C11H9F3N2O3. The molecule has 0 unspecified atom stereocenters. The van der Waals surface area contributed by atoms with Gasteiger partial charge in [-0.2, -0.15) is 13.2 Å². The minimum Gasteiger partial charge on any atom is -0.477 e. The number of carboxylic acid groups (broad SMARTS) is 1. The van der Waals surface area contributed by atoms with Gasteiger partial charge < -0.3 is 10.0 Å². The largest absolute Gasteiger partial charge is 0.477 e. The van der Waals surface area contributed by atoms with Gasteiger partial charge in [-0.3, -0.25) is 4.79 Å². The number of pyridine rings is 1. The quantitative estimate of drug-likeness (QED) is 0.836. The van der Waals surface area contributed by atoms with E-state index in [1.165, 1.54) is 12.1 Å². The minimum atomic E-state index is -4.90. The van der Waals surface area contributed by atoms with Crippen molar-refractivity contribution in [3.8, 4) is 0 Å². The van der Waals surface area contributed by atoms with Gasteiger partial charge in [0.15, 0.2) is 0 Å². The van der Waals surface area contributed by atoms with Crippen molar-refractivity contribution in [1.82, 2.24) is 9.88 Å². The van der Waals surface area contributed by atoms with Gasteiger partial charge in [-0.1, -0.05) is 6.07 Å². The molecule has 1 amide bonds. The van der Waals surface area contributed by atoms with Crippen molar-refractivity contribution in [2.24, 2.45) is 0 Å². The number of aromatic carboxylic acids is 1. The molecule has 0 saturated carbocycles. The van der Waals surface area contributed by atoms with E-state index in [0.717, 1.165) is 0 Å². The molecule has 0 aromatic carbocycles. The van der Waals surface area contributed by atoms with Gasteiger partial charge in [0.2, 0.25) is 0 Å². The van der Waals surface area contributed by atoms with E-state index in [1.807, 2.05) is 0 Å². The van der Waals surface area contributed by atoms with Crippen molar-refractivity contribution in [1.29, 1.82) is 0 Å². The topological polar surface area (TPSA) is 70.5 Å². The number of carboxylic acids is 1. The molecule has 5 nitrogen and oxygen atoms in total. The van der Waals surface area contributed by atoms with Gasteiger partial charge >= 0.3 is 18.1 Å². The van der Waals surface area contributed by atoms with Crippen LogP contribution in [0.3, 0.4) is 0 Å². The van der Waals surface area contributed by atoms with Gasteiger partial charge in [0, 0.05) is 25.2 Å². The van der Waals surface area contributed by atoms with E-state index in [4.69, 9.17) is 5.11 Å². The lowest BCUT2D eigenvalue weighted by molar-refractivity contribution is -0.186. The maximum absolute atomic E-state index is 12.3. The summed E-state index contributed by atoms with van der Waals surface area (Å²) in [6, 6.07) is 2.60. The number of nitrogens with zero attached hydrogens (tertiary/aromatic N) is 2. The van der Waals surface area contributed by atoms with Crippen LogP contribution in [0.5, 0.6) is 0 Å². The van der Waals surface area contributed by atoms with E-state index in [2.05, 4.69) is 4.98 Å². The molecule has 0 bridgehead atoms. The number of rotatable bonds is 1. The Balaban J connectivity index is 2.22. The Morgan fingerprint density at radius 3 is 2.58 bits per heavy atom. The SMILES string of the molecule is O=C(O)c1ccc2c(n1)CCN(C(=O)C(F)(F)F)C2. The van der Waals surface area contributed by atoms with E-state index in [1.54, 1.807) is 0 Å². The Labute approximate surface area is 105 Å². The fraction of sp³-hybridized carbons (Fsp3) is 0.364. The normalized spacial score (nSPS) is 15.0. The smallest absolute Gasteiger partial charge is 0.471 e. The van der Waals surface area contributed by atoms with Crippen LogP contribution in [0.1, 0.15) is 21.7 Å². The zero-order valence-electron chi connectivity index (χ0n) is 9.57. The first kappa shape index (κ1) is 13.3. The molecule has 0 atom stereocenters. The van der Waals surface area contributed by atoms with Gasteiger partial charge in [0.1, 0.15) is 5.69 Å². The molecule has 0 fully saturated rings. The number of carbonyl (C=O) groups excluding carboxylic acids is 1. The second kappa shape index (κ2) is 4.52. The fourth-order valence-electron chi connectivity index (χ4n) is 1.89. The molecule has 0 radical (unpaired) electrons. The highest BCUT2D eigenvalue weighted by molar-refractivity contribution is 5.85. The number of carbonyl (C=O) groups is 2. The fourth-order valence-corrected chi connectivity index (χ4v) is 1.89. The summed E-state index contributed by atoms with van der Waals surface area (Å²) >= 11 is 0. The predicted molar refractivity (Wildman–Crippen MR) is 56.4 cm³/mol. The van der Waals surface area contributed by atoms with E-state index in [0.29, 0.717) is 16.2 Å². The maximum atomic E-state index is 12.3. The molecule has 1 aliphatic heterocycles. The molecule has 2 heterocycles.